The van der Waals surface area contributed by atoms with E-state index in [0.29, 0.717) is 6.61 Å². The molecular weight excluding hydrogens is 190 g/mol. The van der Waals surface area contributed by atoms with Crippen molar-refractivity contribution in [1.29, 1.82) is 0 Å². The predicted octanol–water partition coefficient (Wildman–Crippen LogP) is 1.81. The molecule has 1 unspecified atom stereocenters. The number of benzene rings is 1. The van der Waals surface area contributed by atoms with E-state index in [2.05, 4.69) is 0 Å². The van der Waals surface area contributed by atoms with Crippen molar-refractivity contribution in [2.24, 2.45) is 5.73 Å². The van der Waals surface area contributed by atoms with Crippen LogP contribution in [-0.2, 0) is 15.1 Å². The summed E-state index contributed by atoms with van der Waals surface area (Å²) in [4.78, 5) is 11.7. The lowest BCUT2D eigenvalue weighted by Gasteiger charge is -2.22. The minimum absolute atomic E-state index is 0.379. The van der Waals surface area contributed by atoms with Crippen molar-refractivity contribution in [3.05, 3.63) is 35.9 Å². The Morgan fingerprint density at radius 1 is 1.40 bits per heavy atom. The summed E-state index contributed by atoms with van der Waals surface area (Å²) in [5.74, 6) is -0.379. The van der Waals surface area contributed by atoms with Crippen molar-refractivity contribution >= 4 is 5.97 Å². The topological polar surface area (TPSA) is 52.3 Å². The molecule has 0 aliphatic carbocycles. The van der Waals surface area contributed by atoms with Crippen LogP contribution in [0, 0.1) is 0 Å². The van der Waals surface area contributed by atoms with Crippen molar-refractivity contribution in [3.63, 3.8) is 0 Å². The highest BCUT2D eigenvalue weighted by molar-refractivity contribution is 5.81. The Labute approximate surface area is 90.2 Å². The zero-order chi connectivity index (χ0) is 11.3. The highest BCUT2D eigenvalue weighted by Gasteiger charge is 2.31. The van der Waals surface area contributed by atoms with Crippen molar-refractivity contribution in [3.8, 4) is 0 Å². The first-order valence-electron chi connectivity index (χ1n) is 5.10. The van der Waals surface area contributed by atoms with Gasteiger partial charge in [-0.05, 0) is 18.9 Å². The third-order valence-electron chi connectivity index (χ3n) is 2.23. The maximum Gasteiger partial charge on any atom is 0.330 e. The summed E-state index contributed by atoms with van der Waals surface area (Å²) in [6.07, 6.45) is 0.802. The van der Waals surface area contributed by atoms with Crippen LogP contribution in [0.15, 0.2) is 30.3 Å². The van der Waals surface area contributed by atoms with E-state index in [9.17, 15) is 4.79 Å². The summed E-state index contributed by atoms with van der Waals surface area (Å²) in [5, 5.41) is 0. The minimum atomic E-state index is -1.06. The first-order valence-corrected chi connectivity index (χ1v) is 5.10. The lowest BCUT2D eigenvalue weighted by molar-refractivity contribution is -0.149. The number of carbonyl (C=O) groups excluding carboxylic acids is 1. The molecule has 0 spiro atoms. The molecule has 0 fully saturated rings. The molecule has 3 heteroatoms. The molecule has 1 rings (SSSR count). The van der Waals surface area contributed by atoms with E-state index in [1.54, 1.807) is 6.92 Å². The van der Waals surface area contributed by atoms with Gasteiger partial charge >= 0.3 is 5.97 Å². The molecule has 1 aromatic rings. The van der Waals surface area contributed by atoms with Gasteiger partial charge < -0.3 is 10.5 Å². The third kappa shape index (κ3) is 2.80. The van der Waals surface area contributed by atoms with E-state index in [1.807, 2.05) is 37.3 Å². The predicted molar refractivity (Wildman–Crippen MR) is 59.2 cm³/mol. The highest BCUT2D eigenvalue weighted by Crippen LogP contribution is 2.18. The van der Waals surface area contributed by atoms with E-state index in [1.165, 1.54) is 0 Å². The molecule has 0 aromatic heterocycles. The van der Waals surface area contributed by atoms with Crippen LogP contribution in [0.4, 0.5) is 0 Å². The van der Waals surface area contributed by atoms with Crippen LogP contribution >= 0.6 is 0 Å². The largest absolute Gasteiger partial charge is 0.464 e. The third-order valence-corrected chi connectivity index (χ3v) is 2.23. The van der Waals surface area contributed by atoms with Gasteiger partial charge in [-0.3, -0.25) is 0 Å². The monoisotopic (exact) mass is 207 g/mol. The summed E-state index contributed by atoms with van der Waals surface area (Å²) in [7, 11) is 0. The minimum Gasteiger partial charge on any atom is -0.464 e. The quantitative estimate of drug-likeness (QED) is 0.766. The number of esters is 1. The average Bonchev–Trinajstić information content (AvgIpc) is 2.27. The van der Waals surface area contributed by atoms with Gasteiger partial charge in [0.1, 0.15) is 5.54 Å². The van der Waals surface area contributed by atoms with Gasteiger partial charge in [-0.25, -0.2) is 4.79 Å². The zero-order valence-corrected chi connectivity index (χ0v) is 9.19. The normalized spacial score (nSPS) is 14.3. The van der Waals surface area contributed by atoms with Gasteiger partial charge in [0.15, 0.2) is 0 Å². The summed E-state index contributed by atoms with van der Waals surface area (Å²) in [6, 6.07) is 9.25. The standard InChI is InChI=1S/C12H17NO2/c1-3-9-15-11(14)12(2,13)10-7-5-4-6-8-10/h4-8H,3,9,13H2,1-2H3. The van der Waals surface area contributed by atoms with Crippen LogP contribution in [0.25, 0.3) is 0 Å². The first-order chi connectivity index (χ1) is 7.09. The van der Waals surface area contributed by atoms with Crippen LogP contribution in [-0.4, -0.2) is 12.6 Å². The molecule has 2 N–H and O–H groups in total. The average molecular weight is 207 g/mol. The molecule has 0 heterocycles. The molecule has 0 saturated carbocycles. The maximum absolute atomic E-state index is 11.7. The molecule has 0 bridgehead atoms. The number of rotatable bonds is 4. The zero-order valence-electron chi connectivity index (χ0n) is 9.19. The van der Waals surface area contributed by atoms with Crippen molar-refractivity contribution in [1.82, 2.24) is 0 Å². The maximum atomic E-state index is 11.7. The molecule has 0 aliphatic rings. The van der Waals surface area contributed by atoms with Crippen molar-refractivity contribution in [2.45, 2.75) is 25.8 Å². The van der Waals surface area contributed by atoms with Crippen LogP contribution in [0.2, 0.25) is 0 Å². The van der Waals surface area contributed by atoms with E-state index in [-0.39, 0.29) is 5.97 Å². The summed E-state index contributed by atoms with van der Waals surface area (Å²) in [5.41, 5.74) is 5.66. The molecule has 0 radical (unpaired) electrons. The number of nitrogens with two attached hydrogens (primary N) is 1. The molecule has 82 valence electrons. The van der Waals surface area contributed by atoms with Crippen LogP contribution < -0.4 is 5.73 Å². The lowest BCUT2D eigenvalue weighted by atomic mass is 9.93. The Bertz CT molecular complexity index is 320. The Balaban J connectivity index is 2.78. The smallest absolute Gasteiger partial charge is 0.330 e. The van der Waals surface area contributed by atoms with E-state index in [0.717, 1.165) is 12.0 Å². The summed E-state index contributed by atoms with van der Waals surface area (Å²) in [6.45, 7) is 4.03. The van der Waals surface area contributed by atoms with Crippen molar-refractivity contribution < 1.29 is 9.53 Å². The molecule has 0 saturated heterocycles. The van der Waals surface area contributed by atoms with E-state index < -0.39 is 5.54 Å². The van der Waals surface area contributed by atoms with E-state index >= 15 is 0 Å². The molecule has 0 amide bonds. The fraction of sp³-hybridized carbons (Fsp3) is 0.417. The fourth-order valence-corrected chi connectivity index (χ4v) is 1.25. The number of hydrogen-bond donors (Lipinski definition) is 1. The fourth-order valence-electron chi connectivity index (χ4n) is 1.25. The Morgan fingerprint density at radius 3 is 2.53 bits per heavy atom. The Morgan fingerprint density at radius 2 is 2.00 bits per heavy atom. The van der Waals surface area contributed by atoms with Gasteiger partial charge in [-0.15, -0.1) is 0 Å². The number of hydrogen-bond acceptors (Lipinski definition) is 3. The van der Waals surface area contributed by atoms with Crippen LogP contribution in [0.5, 0.6) is 0 Å². The van der Waals surface area contributed by atoms with Gasteiger partial charge in [-0.1, -0.05) is 37.3 Å². The lowest BCUT2D eigenvalue weighted by Crippen LogP contribution is -2.43. The van der Waals surface area contributed by atoms with Gasteiger partial charge in [0, 0.05) is 0 Å². The molecule has 1 aromatic carbocycles. The Kier molecular flexibility index (Phi) is 3.86. The molecule has 15 heavy (non-hydrogen) atoms. The van der Waals surface area contributed by atoms with Crippen LogP contribution in [0.1, 0.15) is 25.8 Å². The van der Waals surface area contributed by atoms with E-state index in [4.69, 9.17) is 10.5 Å². The van der Waals surface area contributed by atoms with Crippen molar-refractivity contribution in [2.75, 3.05) is 6.61 Å². The molecular formula is C12H17NO2. The highest BCUT2D eigenvalue weighted by atomic mass is 16.5. The second kappa shape index (κ2) is 4.94. The molecule has 3 nitrogen and oxygen atoms in total. The Hall–Kier alpha value is -1.35. The SMILES string of the molecule is CCCOC(=O)C(C)(N)c1ccccc1. The van der Waals surface area contributed by atoms with Gasteiger partial charge in [0.05, 0.1) is 6.61 Å². The first kappa shape index (κ1) is 11.7. The molecule has 1 atom stereocenters. The second-order valence-electron chi connectivity index (χ2n) is 3.70. The van der Waals surface area contributed by atoms with Gasteiger partial charge in [0.25, 0.3) is 0 Å². The number of ether oxygens (including phenoxy) is 1. The number of carbonyl (C=O) groups is 1. The van der Waals surface area contributed by atoms with Gasteiger partial charge in [0.2, 0.25) is 0 Å². The second-order valence-corrected chi connectivity index (χ2v) is 3.70. The van der Waals surface area contributed by atoms with Gasteiger partial charge in [-0.2, -0.15) is 0 Å². The molecule has 0 aliphatic heterocycles. The van der Waals surface area contributed by atoms with Crippen LogP contribution in [0.3, 0.4) is 0 Å². The summed E-state index contributed by atoms with van der Waals surface area (Å²) >= 11 is 0. The summed E-state index contributed by atoms with van der Waals surface area (Å²) < 4.78 is 5.05.